The topological polar surface area (TPSA) is 64.4 Å². The fraction of sp³-hybridized carbons (Fsp3) is 0.300. The van der Waals surface area contributed by atoms with Gasteiger partial charge in [-0.1, -0.05) is 68.8 Å². The van der Waals surface area contributed by atoms with E-state index in [0.717, 1.165) is 6.42 Å². The Kier molecular flexibility index (Phi) is 8.29. The summed E-state index contributed by atoms with van der Waals surface area (Å²) in [5.74, 6) is 1.22. The van der Waals surface area contributed by atoms with Gasteiger partial charge in [-0.05, 0) is 55.2 Å². The van der Waals surface area contributed by atoms with Crippen molar-refractivity contribution < 1.29 is 9.53 Å². The van der Waals surface area contributed by atoms with Crippen LogP contribution in [0.1, 0.15) is 55.8 Å². The van der Waals surface area contributed by atoms with Crippen LogP contribution in [-0.4, -0.2) is 34.0 Å². The summed E-state index contributed by atoms with van der Waals surface area (Å²) >= 11 is 6.45. The molecule has 4 rings (SSSR count). The van der Waals surface area contributed by atoms with E-state index in [2.05, 4.69) is 13.8 Å². The fourth-order valence-electron chi connectivity index (χ4n) is 4.55. The van der Waals surface area contributed by atoms with E-state index in [0.29, 0.717) is 57.6 Å². The van der Waals surface area contributed by atoms with Crippen LogP contribution in [0.4, 0.5) is 0 Å². The Labute approximate surface area is 222 Å². The molecule has 1 heterocycles. The lowest BCUT2D eigenvalue weighted by Gasteiger charge is -2.33. The van der Waals surface area contributed by atoms with E-state index in [1.807, 2.05) is 54.3 Å². The molecule has 6 nitrogen and oxygen atoms in total. The predicted molar refractivity (Wildman–Crippen MR) is 149 cm³/mol. The van der Waals surface area contributed by atoms with Crippen molar-refractivity contribution in [2.45, 2.75) is 39.7 Å². The molecule has 0 fully saturated rings. The number of methoxy groups -OCH3 is 1. The van der Waals surface area contributed by atoms with Crippen LogP contribution in [0, 0.1) is 5.92 Å². The number of halogens is 1. The molecule has 0 aliphatic carbocycles. The molecule has 0 bridgehead atoms. The van der Waals surface area contributed by atoms with Crippen molar-refractivity contribution in [2.75, 3.05) is 13.7 Å². The molecule has 1 unspecified atom stereocenters. The van der Waals surface area contributed by atoms with Crippen LogP contribution in [-0.2, 0) is 0 Å². The van der Waals surface area contributed by atoms with Crippen molar-refractivity contribution in [3.8, 4) is 11.4 Å². The van der Waals surface area contributed by atoms with Gasteiger partial charge in [-0.2, -0.15) is 0 Å². The SMILES string of the molecule is CCC(c1nc2ccccc2c(=O)n1-c1ccccc1OC)N(CCC(C)C)C(=O)c1ccccc1Cl. The highest BCUT2D eigenvalue weighted by molar-refractivity contribution is 6.33. The molecule has 3 aromatic carbocycles. The van der Waals surface area contributed by atoms with Crippen LogP contribution in [0.5, 0.6) is 5.75 Å². The molecule has 0 spiro atoms. The van der Waals surface area contributed by atoms with Crippen LogP contribution < -0.4 is 10.3 Å². The molecule has 1 atom stereocenters. The molecule has 37 heavy (non-hydrogen) atoms. The number of rotatable bonds is 9. The van der Waals surface area contributed by atoms with Crippen molar-refractivity contribution in [1.29, 1.82) is 0 Å². The molecule has 0 saturated carbocycles. The van der Waals surface area contributed by atoms with Crippen molar-refractivity contribution >= 4 is 28.4 Å². The normalized spacial score (nSPS) is 12.1. The molecule has 0 aliphatic rings. The highest BCUT2D eigenvalue weighted by atomic mass is 35.5. The Morgan fingerprint density at radius 3 is 2.41 bits per heavy atom. The largest absolute Gasteiger partial charge is 0.495 e. The first-order valence-corrected chi connectivity index (χ1v) is 13.0. The zero-order valence-electron chi connectivity index (χ0n) is 21.6. The summed E-state index contributed by atoms with van der Waals surface area (Å²) in [5.41, 5.74) is 1.38. The lowest BCUT2D eigenvalue weighted by Crippen LogP contribution is -2.39. The maximum atomic E-state index is 14.0. The minimum Gasteiger partial charge on any atom is -0.495 e. The predicted octanol–water partition coefficient (Wildman–Crippen LogP) is 6.69. The van der Waals surface area contributed by atoms with E-state index in [9.17, 15) is 9.59 Å². The average Bonchev–Trinajstić information content (AvgIpc) is 2.91. The summed E-state index contributed by atoms with van der Waals surface area (Å²) in [5, 5.41) is 0.892. The quantitative estimate of drug-likeness (QED) is 0.248. The van der Waals surface area contributed by atoms with Crippen LogP contribution in [0.3, 0.4) is 0 Å². The van der Waals surface area contributed by atoms with Gasteiger partial charge in [-0.25, -0.2) is 4.98 Å². The molecular weight excluding hydrogens is 486 g/mol. The molecule has 1 amide bonds. The van der Waals surface area contributed by atoms with Gasteiger partial charge in [0.25, 0.3) is 11.5 Å². The molecule has 1 aromatic heterocycles. The van der Waals surface area contributed by atoms with Crippen molar-refractivity contribution in [2.24, 2.45) is 5.92 Å². The first kappa shape index (κ1) is 26.4. The van der Waals surface area contributed by atoms with Gasteiger partial charge in [0.15, 0.2) is 0 Å². The smallest absolute Gasteiger partial charge is 0.266 e. The standard InChI is InChI=1S/C30H32ClN3O3/c1-5-25(33(19-18-20(2)3)29(35)21-12-6-8-14-23(21)31)28-32-24-15-9-7-13-22(24)30(36)34(28)26-16-10-11-17-27(26)37-4/h6-17,20,25H,5,18-19H2,1-4H3. The summed E-state index contributed by atoms with van der Waals surface area (Å²) in [6.07, 6.45) is 1.34. The Bertz CT molecular complexity index is 1460. The van der Waals surface area contributed by atoms with Crippen LogP contribution >= 0.6 is 11.6 Å². The number of nitrogens with zero attached hydrogens (tertiary/aromatic N) is 3. The Hall–Kier alpha value is -3.64. The number of fused-ring (bicyclic) bond motifs is 1. The van der Waals surface area contributed by atoms with Crippen LogP contribution in [0.25, 0.3) is 16.6 Å². The maximum Gasteiger partial charge on any atom is 0.266 e. The number of amides is 1. The molecule has 0 N–H and O–H groups in total. The van der Waals surface area contributed by atoms with Gasteiger partial charge in [0.05, 0.1) is 40.3 Å². The summed E-state index contributed by atoms with van der Waals surface area (Å²) in [4.78, 5) is 34.7. The number of hydrogen-bond donors (Lipinski definition) is 0. The lowest BCUT2D eigenvalue weighted by molar-refractivity contribution is 0.0649. The first-order valence-electron chi connectivity index (χ1n) is 12.6. The molecule has 0 aliphatic heterocycles. The van der Waals surface area contributed by atoms with E-state index in [1.54, 1.807) is 42.0 Å². The molecular formula is C30H32ClN3O3. The van der Waals surface area contributed by atoms with Crippen LogP contribution in [0.15, 0.2) is 77.6 Å². The number of benzene rings is 3. The summed E-state index contributed by atoms with van der Waals surface area (Å²) < 4.78 is 7.22. The van der Waals surface area contributed by atoms with Crippen LogP contribution in [0.2, 0.25) is 5.02 Å². The molecule has 0 saturated heterocycles. The maximum absolute atomic E-state index is 14.0. The summed E-state index contributed by atoms with van der Waals surface area (Å²) in [7, 11) is 1.57. The Morgan fingerprint density at radius 2 is 1.70 bits per heavy atom. The van der Waals surface area contributed by atoms with Gasteiger partial charge in [0.1, 0.15) is 11.6 Å². The van der Waals surface area contributed by atoms with E-state index < -0.39 is 6.04 Å². The van der Waals surface area contributed by atoms with E-state index in [-0.39, 0.29) is 11.5 Å². The van der Waals surface area contributed by atoms with Crippen molar-refractivity contribution in [1.82, 2.24) is 14.5 Å². The third-order valence-electron chi connectivity index (χ3n) is 6.50. The van der Waals surface area contributed by atoms with E-state index >= 15 is 0 Å². The number of hydrogen-bond acceptors (Lipinski definition) is 4. The number of ether oxygens (including phenoxy) is 1. The Balaban J connectivity index is 1.98. The number of para-hydroxylation sites is 3. The number of carbonyl (C=O) groups excluding carboxylic acids is 1. The fourth-order valence-corrected chi connectivity index (χ4v) is 4.77. The zero-order chi connectivity index (χ0) is 26.5. The summed E-state index contributed by atoms with van der Waals surface area (Å²) in [6.45, 7) is 6.74. The third kappa shape index (κ3) is 5.39. The monoisotopic (exact) mass is 517 g/mol. The molecule has 7 heteroatoms. The zero-order valence-corrected chi connectivity index (χ0v) is 22.4. The second kappa shape index (κ2) is 11.6. The highest BCUT2D eigenvalue weighted by Gasteiger charge is 2.31. The third-order valence-corrected chi connectivity index (χ3v) is 6.83. The minimum absolute atomic E-state index is 0.188. The second-order valence-electron chi connectivity index (χ2n) is 9.38. The van der Waals surface area contributed by atoms with Gasteiger partial charge < -0.3 is 9.64 Å². The lowest BCUT2D eigenvalue weighted by atomic mass is 10.0. The van der Waals surface area contributed by atoms with Gasteiger partial charge in [-0.3, -0.25) is 14.2 Å². The van der Waals surface area contributed by atoms with Crippen molar-refractivity contribution in [3.05, 3.63) is 99.6 Å². The molecule has 192 valence electrons. The van der Waals surface area contributed by atoms with E-state index in [4.69, 9.17) is 21.3 Å². The number of carbonyl (C=O) groups is 1. The van der Waals surface area contributed by atoms with Gasteiger partial charge in [0.2, 0.25) is 0 Å². The highest BCUT2D eigenvalue weighted by Crippen LogP contribution is 2.31. The van der Waals surface area contributed by atoms with E-state index in [1.165, 1.54) is 0 Å². The van der Waals surface area contributed by atoms with Gasteiger partial charge in [0, 0.05) is 6.54 Å². The minimum atomic E-state index is -0.482. The average molecular weight is 518 g/mol. The second-order valence-corrected chi connectivity index (χ2v) is 9.79. The van der Waals surface area contributed by atoms with Gasteiger partial charge >= 0.3 is 0 Å². The summed E-state index contributed by atoms with van der Waals surface area (Å²) in [6, 6.07) is 21.2. The van der Waals surface area contributed by atoms with Gasteiger partial charge in [-0.15, -0.1) is 0 Å². The molecule has 4 aromatic rings. The molecule has 0 radical (unpaired) electrons. The number of aromatic nitrogens is 2. The van der Waals surface area contributed by atoms with Crippen molar-refractivity contribution in [3.63, 3.8) is 0 Å². The first-order chi connectivity index (χ1) is 17.9. The Morgan fingerprint density at radius 1 is 1.03 bits per heavy atom.